The summed E-state index contributed by atoms with van der Waals surface area (Å²) >= 11 is 0. The molecule has 0 amide bonds. The van der Waals surface area contributed by atoms with Gasteiger partial charge in [0.2, 0.25) is 0 Å². The maximum atomic E-state index is 13.9. The lowest BCUT2D eigenvalue weighted by atomic mass is 9.89. The number of nitrogens with two attached hydrogens (primary N) is 1. The van der Waals surface area contributed by atoms with Gasteiger partial charge in [-0.1, -0.05) is 5.57 Å². The molecule has 2 fully saturated rings. The van der Waals surface area contributed by atoms with E-state index in [2.05, 4.69) is 13.0 Å². The fourth-order valence-electron chi connectivity index (χ4n) is 5.09. The lowest BCUT2D eigenvalue weighted by molar-refractivity contribution is 0.0970. The number of hydrogen-bond donors (Lipinski definition) is 1. The molecule has 5 heteroatoms. The molecule has 1 aliphatic heterocycles. The Balaban J connectivity index is 1.70. The monoisotopic (exact) mass is 399 g/mol. The maximum Gasteiger partial charge on any atom is 0.264 e. The topological polar surface area (TPSA) is 74.0 Å². The Morgan fingerprint density at radius 1 is 1.10 bits per heavy atom. The molecule has 0 bridgehead atoms. The largest absolute Gasteiger partial charge is 0.466 e. The van der Waals surface area contributed by atoms with Crippen LogP contribution in [0.5, 0.6) is 0 Å². The van der Waals surface area contributed by atoms with Crippen molar-refractivity contribution < 1.29 is 9.21 Å². The third-order valence-corrected chi connectivity index (χ3v) is 6.71. The van der Waals surface area contributed by atoms with Gasteiger partial charge in [-0.2, -0.15) is 0 Å². The molecule has 0 unspecified atom stereocenters. The van der Waals surface area contributed by atoms with Crippen LogP contribution in [0.25, 0.3) is 22.2 Å². The van der Waals surface area contributed by atoms with Crippen molar-refractivity contribution in [2.45, 2.75) is 46.5 Å². The number of rotatable bonds is 3. The van der Waals surface area contributed by atoms with E-state index in [4.69, 9.17) is 15.1 Å². The number of nitrogens with zero attached hydrogens (tertiary/aromatic N) is 2. The number of nitrogen functional groups attached to an aromatic ring is 1. The minimum absolute atomic E-state index is 0.0547. The molecule has 2 N–H and O–H groups in total. The average molecular weight is 399 g/mol. The number of carbonyl (C=O) groups is 1. The van der Waals surface area contributed by atoms with Gasteiger partial charge in [-0.3, -0.25) is 9.36 Å². The summed E-state index contributed by atoms with van der Waals surface area (Å²) in [6.07, 6.45) is 4.76. The van der Waals surface area contributed by atoms with Gasteiger partial charge in [0, 0.05) is 16.8 Å². The molecule has 6 rings (SSSR count). The standard InChI is InChI=1S/C25H25N3O2/c1-12-10-18(14(3)30-12)13(2)21-23(22(15-4-5-15)16-6-7-16)25(29)28-20-11-17(26)8-9-19(20)27-24(21)28/h8-11,15-16H,4-7,26H2,1-3H3/b21-13-. The van der Waals surface area contributed by atoms with Gasteiger partial charge in [0.25, 0.3) is 5.91 Å². The van der Waals surface area contributed by atoms with Crippen LogP contribution in [0, 0.1) is 25.7 Å². The Morgan fingerprint density at radius 2 is 1.80 bits per heavy atom. The first-order valence-corrected chi connectivity index (χ1v) is 10.8. The van der Waals surface area contributed by atoms with Crippen molar-refractivity contribution >= 4 is 33.8 Å². The molecule has 0 radical (unpaired) electrons. The molecule has 3 aliphatic rings. The highest BCUT2D eigenvalue weighted by Gasteiger charge is 2.45. The highest BCUT2D eigenvalue weighted by Crippen LogP contribution is 2.54. The molecule has 0 saturated heterocycles. The molecular weight excluding hydrogens is 374 g/mol. The molecule has 2 aromatic heterocycles. The van der Waals surface area contributed by atoms with E-state index in [0.29, 0.717) is 17.5 Å². The second kappa shape index (κ2) is 5.97. The molecule has 2 aliphatic carbocycles. The first-order valence-electron chi connectivity index (χ1n) is 10.8. The van der Waals surface area contributed by atoms with Gasteiger partial charge < -0.3 is 10.2 Å². The van der Waals surface area contributed by atoms with E-state index in [1.165, 1.54) is 31.3 Å². The van der Waals surface area contributed by atoms with Crippen LogP contribution >= 0.6 is 0 Å². The van der Waals surface area contributed by atoms with Crippen LogP contribution in [-0.2, 0) is 0 Å². The predicted molar refractivity (Wildman–Crippen MR) is 118 cm³/mol. The number of imidazole rings is 1. The number of furan rings is 1. The number of hydrogen-bond acceptors (Lipinski definition) is 4. The van der Waals surface area contributed by atoms with Crippen LogP contribution in [0.2, 0.25) is 0 Å². The van der Waals surface area contributed by atoms with Crippen LogP contribution < -0.4 is 5.73 Å². The molecule has 3 aromatic rings. The van der Waals surface area contributed by atoms with Gasteiger partial charge >= 0.3 is 0 Å². The fourth-order valence-corrected chi connectivity index (χ4v) is 5.09. The van der Waals surface area contributed by atoms with E-state index < -0.39 is 0 Å². The smallest absolute Gasteiger partial charge is 0.264 e. The number of anilines is 1. The number of benzene rings is 1. The van der Waals surface area contributed by atoms with Crippen molar-refractivity contribution in [3.63, 3.8) is 0 Å². The molecular formula is C25H25N3O2. The van der Waals surface area contributed by atoms with Gasteiger partial charge in [-0.15, -0.1) is 0 Å². The summed E-state index contributed by atoms with van der Waals surface area (Å²) in [5.41, 5.74) is 13.6. The summed E-state index contributed by atoms with van der Waals surface area (Å²) in [5, 5.41) is 0. The average Bonchev–Trinajstić information content (AvgIpc) is 3.61. The van der Waals surface area contributed by atoms with E-state index >= 15 is 0 Å². The third kappa shape index (κ3) is 2.47. The minimum Gasteiger partial charge on any atom is -0.466 e. The molecule has 5 nitrogen and oxygen atoms in total. The minimum atomic E-state index is 0.0547. The molecule has 0 spiro atoms. The van der Waals surface area contributed by atoms with Crippen molar-refractivity contribution in [1.82, 2.24) is 9.55 Å². The Kier molecular flexibility index (Phi) is 3.53. The van der Waals surface area contributed by atoms with E-state index in [-0.39, 0.29) is 5.91 Å². The van der Waals surface area contributed by atoms with Crippen LogP contribution in [0.4, 0.5) is 5.69 Å². The highest BCUT2D eigenvalue weighted by molar-refractivity contribution is 6.23. The van der Waals surface area contributed by atoms with Crippen LogP contribution in [0.1, 0.15) is 60.3 Å². The summed E-state index contributed by atoms with van der Waals surface area (Å²) < 4.78 is 7.61. The van der Waals surface area contributed by atoms with E-state index in [9.17, 15) is 4.79 Å². The van der Waals surface area contributed by atoms with Crippen molar-refractivity contribution in [3.8, 4) is 0 Å². The molecule has 0 atom stereocenters. The molecule has 1 aromatic carbocycles. The van der Waals surface area contributed by atoms with E-state index in [1.807, 2.05) is 32.0 Å². The summed E-state index contributed by atoms with van der Waals surface area (Å²) in [6, 6.07) is 7.67. The number of carbonyl (C=O) groups excluding carboxylic acids is 1. The quantitative estimate of drug-likeness (QED) is 0.464. The Hall–Kier alpha value is -3.08. The van der Waals surface area contributed by atoms with Crippen molar-refractivity contribution in [1.29, 1.82) is 0 Å². The second-order valence-corrected chi connectivity index (χ2v) is 9.03. The van der Waals surface area contributed by atoms with Gasteiger partial charge in [0.05, 0.1) is 16.6 Å². The zero-order valence-electron chi connectivity index (χ0n) is 17.6. The van der Waals surface area contributed by atoms with E-state index in [1.54, 1.807) is 4.57 Å². The Morgan fingerprint density at radius 3 is 2.40 bits per heavy atom. The fraction of sp³-hybridized carbons (Fsp3) is 0.360. The normalized spacial score (nSPS) is 20.2. The Bertz CT molecular complexity index is 1300. The first kappa shape index (κ1) is 17.8. The summed E-state index contributed by atoms with van der Waals surface area (Å²) in [6.45, 7) is 6.04. The molecule has 30 heavy (non-hydrogen) atoms. The van der Waals surface area contributed by atoms with Crippen LogP contribution in [0.3, 0.4) is 0 Å². The van der Waals surface area contributed by atoms with E-state index in [0.717, 1.165) is 50.7 Å². The van der Waals surface area contributed by atoms with Gasteiger partial charge in [-0.05, 0) is 88.1 Å². The maximum absolute atomic E-state index is 13.9. The van der Waals surface area contributed by atoms with Crippen molar-refractivity contribution in [2.24, 2.45) is 11.8 Å². The SMILES string of the molecule is C/C(=C1\C(=C(C2CC2)C2CC2)C(=O)n2c1nc1ccc(N)cc12)c1cc(C)oc1C. The van der Waals surface area contributed by atoms with Gasteiger partial charge in [0.15, 0.2) is 0 Å². The number of aromatic nitrogens is 2. The number of fused-ring (bicyclic) bond motifs is 3. The van der Waals surface area contributed by atoms with Crippen LogP contribution in [-0.4, -0.2) is 15.5 Å². The molecule has 152 valence electrons. The predicted octanol–water partition coefficient (Wildman–Crippen LogP) is 5.53. The van der Waals surface area contributed by atoms with Gasteiger partial charge in [0.1, 0.15) is 17.3 Å². The molecule has 2 saturated carbocycles. The second-order valence-electron chi connectivity index (χ2n) is 9.03. The zero-order valence-corrected chi connectivity index (χ0v) is 17.6. The third-order valence-electron chi connectivity index (χ3n) is 6.71. The summed E-state index contributed by atoms with van der Waals surface area (Å²) in [7, 11) is 0. The Labute approximate surface area is 175 Å². The summed E-state index contributed by atoms with van der Waals surface area (Å²) in [4.78, 5) is 18.8. The van der Waals surface area contributed by atoms with Gasteiger partial charge in [-0.25, -0.2) is 4.98 Å². The van der Waals surface area contributed by atoms with Crippen molar-refractivity contribution in [3.05, 3.63) is 58.3 Å². The van der Waals surface area contributed by atoms with Crippen molar-refractivity contribution in [2.75, 3.05) is 5.73 Å². The highest BCUT2D eigenvalue weighted by atomic mass is 16.3. The number of allylic oxidation sites excluding steroid dienone is 4. The summed E-state index contributed by atoms with van der Waals surface area (Å²) in [5.74, 6) is 3.65. The first-order chi connectivity index (χ1) is 14.4. The zero-order chi connectivity index (χ0) is 20.7. The van der Waals surface area contributed by atoms with Crippen LogP contribution in [0.15, 0.2) is 39.8 Å². The lowest BCUT2D eigenvalue weighted by Gasteiger charge is -2.12. The lowest BCUT2D eigenvalue weighted by Crippen LogP contribution is -2.10. The molecule has 3 heterocycles. The number of aryl methyl sites for hydroxylation is 2.